The number of pyridine rings is 1. The van der Waals surface area contributed by atoms with Crippen LogP contribution in [-0.4, -0.2) is 37.3 Å². The van der Waals surface area contributed by atoms with Gasteiger partial charge in [-0.3, -0.25) is 9.69 Å². The Bertz CT molecular complexity index is 708. The topological polar surface area (TPSA) is 54.6 Å². The predicted molar refractivity (Wildman–Crippen MR) is 95.5 cm³/mol. The van der Waals surface area contributed by atoms with Crippen molar-refractivity contribution in [2.45, 2.75) is 26.9 Å². The van der Waals surface area contributed by atoms with Gasteiger partial charge in [-0.25, -0.2) is 0 Å². The van der Waals surface area contributed by atoms with Crippen LogP contribution in [-0.2, 0) is 17.8 Å². The van der Waals surface area contributed by atoms with E-state index in [4.69, 9.17) is 9.47 Å². The summed E-state index contributed by atoms with van der Waals surface area (Å²) in [5, 5.41) is 0. The van der Waals surface area contributed by atoms with Gasteiger partial charge < -0.3 is 14.5 Å². The van der Waals surface area contributed by atoms with E-state index in [0.717, 1.165) is 35.7 Å². The molecule has 0 saturated carbocycles. The van der Waals surface area contributed by atoms with Gasteiger partial charge in [-0.1, -0.05) is 12.1 Å². The fraction of sp³-hybridized carbons (Fsp3) is 0.421. The highest BCUT2D eigenvalue weighted by Gasteiger charge is 2.11. The Morgan fingerprint density at radius 3 is 2.42 bits per heavy atom. The molecule has 0 saturated heterocycles. The van der Waals surface area contributed by atoms with E-state index in [1.165, 1.54) is 5.56 Å². The molecule has 0 spiro atoms. The Hall–Kier alpha value is -2.11. The van der Waals surface area contributed by atoms with Crippen molar-refractivity contribution in [1.29, 1.82) is 0 Å². The van der Waals surface area contributed by atoms with Crippen molar-refractivity contribution in [3.8, 4) is 5.75 Å². The molecule has 0 aliphatic heterocycles. The van der Waals surface area contributed by atoms with Crippen LogP contribution in [0.25, 0.3) is 0 Å². The minimum atomic E-state index is 0.111. The first-order valence-electron chi connectivity index (χ1n) is 8.07. The summed E-state index contributed by atoms with van der Waals surface area (Å²) in [4.78, 5) is 17.7. The molecule has 5 nitrogen and oxygen atoms in total. The highest BCUT2D eigenvalue weighted by molar-refractivity contribution is 5.27. The van der Waals surface area contributed by atoms with Crippen molar-refractivity contribution >= 4 is 0 Å². The molecule has 2 rings (SSSR count). The van der Waals surface area contributed by atoms with Crippen molar-refractivity contribution in [3.63, 3.8) is 0 Å². The zero-order chi connectivity index (χ0) is 17.5. The zero-order valence-electron chi connectivity index (χ0n) is 14.9. The molecule has 0 aliphatic carbocycles. The fourth-order valence-corrected chi connectivity index (χ4v) is 2.61. The zero-order valence-corrected chi connectivity index (χ0v) is 14.9. The number of aryl methyl sites for hydroxylation is 1. The summed E-state index contributed by atoms with van der Waals surface area (Å²) in [5.74, 6) is 0.848. The lowest BCUT2D eigenvalue weighted by molar-refractivity contribution is 0.139. The number of aromatic nitrogens is 1. The number of ether oxygens (including phenoxy) is 2. The highest BCUT2D eigenvalue weighted by atomic mass is 16.5. The second-order valence-corrected chi connectivity index (χ2v) is 5.96. The molecule has 24 heavy (non-hydrogen) atoms. The lowest BCUT2D eigenvalue weighted by atomic mass is 10.1. The van der Waals surface area contributed by atoms with Crippen LogP contribution in [0.15, 0.2) is 35.3 Å². The minimum absolute atomic E-state index is 0.111. The number of hydrogen-bond acceptors (Lipinski definition) is 4. The van der Waals surface area contributed by atoms with E-state index >= 15 is 0 Å². The summed E-state index contributed by atoms with van der Waals surface area (Å²) < 4.78 is 10.4. The fourth-order valence-electron chi connectivity index (χ4n) is 2.61. The molecule has 5 heteroatoms. The van der Waals surface area contributed by atoms with Crippen molar-refractivity contribution in [2.24, 2.45) is 0 Å². The molecular weight excluding hydrogens is 304 g/mol. The van der Waals surface area contributed by atoms with Crippen LogP contribution in [0.1, 0.15) is 22.4 Å². The molecule has 1 aromatic heterocycles. The van der Waals surface area contributed by atoms with Gasteiger partial charge in [-0.05, 0) is 31.5 Å². The van der Waals surface area contributed by atoms with Gasteiger partial charge in [0, 0.05) is 49.8 Å². The Morgan fingerprint density at radius 2 is 1.79 bits per heavy atom. The van der Waals surface area contributed by atoms with Crippen LogP contribution in [0.3, 0.4) is 0 Å². The van der Waals surface area contributed by atoms with E-state index < -0.39 is 0 Å². The second-order valence-electron chi connectivity index (χ2n) is 5.96. The summed E-state index contributed by atoms with van der Waals surface area (Å²) in [6.07, 6.45) is 1.78. The van der Waals surface area contributed by atoms with Crippen LogP contribution >= 0.6 is 0 Å². The molecular formula is C19H26N2O3. The van der Waals surface area contributed by atoms with Crippen molar-refractivity contribution < 1.29 is 9.47 Å². The van der Waals surface area contributed by atoms with Gasteiger partial charge in [0.25, 0.3) is 0 Å². The summed E-state index contributed by atoms with van der Waals surface area (Å²) in [6, 6.07) is 8.04. The van der Waals surface area contributed by atoms with E-state index in [2.05, 4.69) is 22.0 Å². The number of methoxy groups -OCH3 is 2. The SMILES string of the molecule is COCCN(Cc1ccc(OC)cc1)Cc1[nH]cc(C)c(=O)c1C. The monoisotopic (exact) mass is 330 g/mol. The van der Waals surface area contributed by atoms with Crippen molar-refractivity contribution in [3.05, 3.63) is 63.1 Å². The van der Waals surface area contributed by atoms with Gasteiger partial charge in [0.15, 0.2) is 5.43 Å². The van der Waals surface area contributed by atoms with Gasteiger partial charge in [0.1, 0.15) is 5.75 Å². The van der Waals surface area contributed by atoms with Crippen molar-refractivity contribution in [1.82, 2.24) is 9.88 Å². The molecule has 0 bridgehead atoms. The smallest absolute Gasteiger partial charge is 0.187 e. The maximum Gasteiger partial charge on any atom is 0.187 e. The first-order valence-corrected chi connectivity index (χ1v) is 8.07. The predicted octanol–water partition coefficient (Wildman–Crippen LogP) is 2.65. The average molecular weight is 330 g/mol. The van der Waals surface area contributed by atoms with Gasteiger partial charge in [0.05, 0.1) is 13.7 Å². The van der Waals surface area contributed by atoms with E-state index in [1.807, 2.05) is 26.0 Å². The third-order valence-electron chi connectivity index (χ3n) is 4.17. The number of nitrogens with one attached hydrogen (secondary N) is 1. The average Bonchev–Trinajstić information content (AvgIpc) is 2.60. The van der Waals surface area contributed by atoms with Gasteiger partial charge in [-0.2, -0.15) is 0 Å². The summed E-state index contributed by atoms with van der Waals surface area (Å²) in [7, 11) is 3.36. The number of H-pyrrole nitrogens is 1. The first kappa shape index (κ1) is 18.2. The molecule has 1 heterocycles. The molecule has 2 aromatic rings. The Labute approximate surface area is 143 Å². The number of benzene rings is 1. The number of rotatable bonds is 8. The minimum Gasteiger partial charge on any atom is -0.497 e. The van der Waals surface area contributed by atoms with Crippen LogP contribution in [0.2, 0.25) is 0 Å². The summed E-state index contributed by atoms with van der Waals surface area (Å²) >= 11 is 0. The standard InChI is InChI=1S/C19H26N2O3/c1-14-11-20-18(15(2)19(14)22)13-21(9-10-23-3)12-16-5-7-17(24-4)8-6-16/h5-8,11H,9-10,12-13H2,1-4H3,(H,20,22). The van der Waals surface area contributed by atoms with E-state index in [0.29, 0.717) is 13.2 Å². The Balaban J connectivity index is 2.15. The lowest BCUT2D eigenvalue weighted by Crippen LogP contribution is -2.28. The van der Waals surface area contributed by atoms with E-state index in [1.54, 1.807) is 20.4 Å². The van der Waals surface area contributed by atoms with Gasteiger partial charge >= 0.3 is 0 Å². The molecule has 0 aliphatic rings. The number of aromatic amines is 1. The molecule has 0 radical (unpaired) electrons. The molecule has 130 valence electrons. The number of hydrogen-bond donors (Lipinski definition) is 1. The molecule has 0 atom stereocenters. The third-order valence-corrected chi connectivity index (χ3v) is 4.17. The second kappa shape index (κ2) is 8.66. The largest absolute Gasteiger partial charge is 0.497 e. The molecule has 1 N–H and O–H groups in total. The maximum absolute atomic E-state index is 12.1. The van der Waals surface area contributed by atoms with Crippen molar-refractivity contribution in [2.75, 3.05) is 27.4 Å². The van der Waals surface area contributed by atoms with Crippen LogP contribution in [0, 0.1) is 13.8 Å². The molecule has 0 amide bonds. The van der Waals surface area contributed by atoms with E-state index in [9.17, 15) is 4.79 Å². The lowest BCUT2D eigenvalue weighted by Gasteiger charge is -2.23. The Morgan fingerprint density at radius 1 is 1.08 bits per heavy atom. The van der Waals surface area contributed by atoms with Crippen LogP contribution in [0.4, 0.5) is 0 Å². The summed E-state index contributed by atoms with van der Waals surface area (Å²) in [5.41, 5.74) is 3.79. The third kappa shape index (κ3) is 4.69. The maximum atomic E-state index is 12.1. The number of nitrogens with zero attached hydrogens (tertiary/aromatic N) is 1. The molecule has 0 unspecified atom stereocenters. The molecule has 1 aromatic carbocycles. The van der Waals surface area contributed by atoms with Crippen LogP contribution < -0.4 is 10.2 Å². The van der Waals surface area contributed by atoms with Crippen LogP contribution in [0.5, 0.6) is 5.75 Å². The normalized spacial score (nSPS) is 11.0. The Kier molecular flexibility index (Phi) is 6.58. The summed E-state index contributed by atoms with van der Waals surface area (Å²) in [6.45, 7) is 6.60. The first-order chi connectivity index (χ1) is 11.5. The highest BCUT2D eigenvalue weighted by Crippen LogP contribution is 2.14. The van der Waals surface area contributed by atoms with E-state index in [-0.39, 0.29) is 5.43 Å². The van der Waals surface area contributed by atoms with Gasteiger partial charge in [-0.15, -0.1) is 0 Å². The molecule has 0 fully saturated rings. The van der Waals surface area contributed by atoms with Gasteiger partial charge in [0.2, 0.25) is 0 Å². The quantitative estimate of drug-likeness (QED) is 0.808.